The molecule has 0 spiro atoms. The van der Waals surface area contributed by atoms with Crippen molar-refractivity contribution in [2.45, 2.75) is 38.7 Å². The van der Waals surface area contributed by atoms with Crippen LogP contribution in [0.25, 0.3) is 0 Å². The van der Waals surface area contributed by atoms with Crippen LogP contribution in [0.3, 0.4) is 0 Å². The Hall–Kier alpha value is -0.800. The third kappa shape index (κ3) is 3.15. The van der Waals surface area contributed by atoms with Gasteiger partial charge in [0, 0.05) is 31.8 Å². The molecule has 0 saturated carbocycles. The first kappa shape index (κ1) is 13.6. The van der Waals surface area contributed by atoms with Crippen molar-refractivity contribution in [1.82, 2.24) is 4.98 Å². The number of alkyl halides is 1. The first-order valence-corrected chi connectivity index (χ1v) is 7.16. The van der Waals surface area contributed by atoms with Gasteiger partial charge in [0.25, 0.3) is 0 Å². The molecule has 1 fully saturated rings. The Morgan fingerprint density at radius 3 is 2.94 bits per heavy atom. The molecule has 1 aromatic heterocycles. The lowest BCUT2D eigenvalue weighted by molar-refractivity contribution is 0.115. The lowest BCUT2D eigenvalue weighted by Crippen LogP contribution is -2.33. The molecule has 0 radical (unpaired) electrons. The Morgan fingerprint density at radius 2 is 2.39 bits per heavy atom. The predicted octanol–water partition coefficient (Wildman–Crippen LogP) is 3.13. The van der Waals surface area contributed by atoms with E-state index >= 15 is 0 Å². The zero-order valence-corrected chi connectivity index (χ0v) is 11.9. The van der Waals surface area contributed by atoms with Gasteiger partial charge in [-0.05, 0) is 43.9 Å². The minimum absolute atomic E-state index is 0.360. The van der Waals surface area contributed by atoms with Crippen LogP contribution in [0, 0.1) is 6.92 Å². The van der Waals surface area contributed by atoms with Crippen LogP contribution in [0.15, 0.2) is 12.3 Å². The summed E-state index contributed by atoms with van der Waals surface area (Å²) in [4.78, 5) is 6.84. The summed E-state index contributed by atoms with van der Waals surface area (Å²) in [5.41, 5.74) is 2.26. The predicted molar refractivity (Wildman–Crippen MR) is 75.4 cm³/mol. The quantitative estimate of drug-likeness (QED) is 0.767. The van der Waals surface area contributed by atoms with Crippen LogP contribution in [0.2, 0.25) is 0 Å². The molecule has 18 heavy (non-hydrogen) atoms. The minimum atomic E-state index is 0.360. The van der Waals surface area contributed by atoms with Gasteiger partial charge in [0.15, 0.2) is 0 Å². The largest absolute Gasteiger partial charge is 0.376 e. The Morgan fingerprint density at radius 1 is 1.56 bits per heavy atom. The summed E-state index contributed by atoms with van der Waals surface area (Å²) in [6, 6.07) is 2.12. The summed E-state index contributed by atoms with van der Waals surface area (Å²) in [7, 11) is 0. The smallest absolute Gasteiger partial charge is 0.131 e. The van der Waals surface area contributed by atoms with E-state index in [-0.39, 0.29) is 0 Å². The highest BCUT2D eigenvalue weighted by Gasteiger charge is 2.20. The second-order valence-corrected chi connectivity index (χ2v) is 5.06. The maximum absolute atomic E-state index is 5.83. The maximum Gasteiger partial charge on any atom is 0.131 e. The average Bonchev–Trinajstić information content (AvgIpc) is 2.89. The van der Waals surface area contributed by atoms with E-state index in [2.05, 4.69) is 29.8 Å². The fourth-order valence-electron chi connectivity index (χ4n) is 2.43. The molecule has 100 valence electrons. The number of likely N-dealkylation sites (N-methyl/N-ethyl adjacent to an activating group) is 1. The topological polar surface area (TPSA) is 25.4 Å². The first-order chi connectivity index (χ1) is 8.74. The number of pyridine rings is 1. The highest BCUT2D eigenvalue weighted by Crippen LogP contribution is 2.21. The summed E-state index contributed by atoms with van der Waals surface area (Å²) in [5.74, 6) is 1.58. The zero-order chi connectivity index (χ0) is 13.0. The molecule has 2 rings (SSSR count). The molecule has 0 bridgehead atoms. The number of anilines is 1. The molecule has 4 heteroatoms. The molecule has 0 aromatic carbocycles. The number of aromatic nitrogens is 1. The molecule has 2 heterocycles. The highest BCUT2D eigenvalue weighted by atomic mass is 35.5. The van der Waals surface area contributed by atoms with E-state index in [1.807, 2.05) is 6.20 Å². The Bertz CT molecular complexity index is 391. The fraction of sp³-hybridized carbons (Fsp3) is 0.643. The Kier molecular flexibility index (Phi) is 4.84. The van der Waals surface area contributed by atoms with Gasteiger partial charge < -0.3 is 9.64 Å². The molecule has 1 saturated heterocycles. The number of rotatable bonds is 5. The van der Waals surface area contributed by atoms with Crippen molar-refractivity contribution in [1.29, 1.82) is 0 Å². The van der Waals surface area contributed by atoms with E-state index in [9.17, 15) is 0 Å². The third-order valence-corrected chi connectivity index (χ3v) is 3.70. The van der Waals surface area contributed by atoms with Crippen molar-refractivity contribution < 1.29 is 4.74 Å². The van der Waals surface area contributed by atoms with Gasteiger partial charge in [0.1, 0.15) is 5.82 Å². The first-order valence-electron chi connectivity index (χ1n) is 6.62. The second-order valence-electron chi connectivity index (χ2n) is 4.79. The lowest BCUT2D eigenvalue weighted by Gasteiger charge is -2.26. The van der Waals surface area contributed by atoms with Gasteiger partial charge in [-0.25, -0.2) is 4.98 Å². The van der Waals surface area contributed by atoms with Crippen molar-refractivity contribution >= 4 is 17.4 Å². The molecular formula is C14H21ClN2O. The molecule has 0 N–H and O–H groups in total. The molecule has 1 atom stereocenters. The maximum atomic E-state index is 5.83. The fourth-order valence-corrected chi connectivity index (χ4v) is 2.58. The van der Waals surface area contributed by atoms with Gasteiger partial charge in [0.05, 0.1) is 6.10 Å². The molecule has 1 unspecified atom stereocenters. The van der Waals surface area contributed by atoms with E-state index in [4.69, 9.17) is 16.3 Å². The van der Waals surface area contributed by atoms with Crippen molar-refractivity contribution in [3.05, 3.63) is 23.4 Å². The molecule has 0 aliphatic carbocycles. The van der Waals surface area contributed by atoms with Crippen LogP contribution >= 0.6 is 11.6 Å². The lowest BCUT2D eigenvalue weighted by atomic mass is 10.2. The molecule has 1 aromatic rings. The number of aryl methyl sites for hydroxylation is 1. The van der Waals surface area contributed by atoms with Gasteiger partial charge >= 0.3 is 0 Å². The summed E-state index contributed by atoms with van der Waals surface area (Å²) in [6.45, 7) is 7.04. The van der Waals surface area contributed by atoms with E-state index in [1.165, 1.54) is 12.0 Å². The molecule has 1 aliphatic heterocycles. The van der Waals surface area contributed by atoms with Crippen molar-refractivity contribution in [3.8, 4) is 0 Å². The average molecular weight is 269 g/mol. The van der Waals surface area contributed by atoms with Crippen LogP contribution in [0.5, 0.6) is 0 Å². The Balaban J connectivity index is 2.10. The SMILES string of the molecule is CCN(CC1CCCO1)c1ncc(CCl)cc1C. The zero-order valence-electron chi connectivity index (χ0n) is 11.2. The Labute approximate surface area is 114 Å². The molecule has 3 nitrogen and oxygen atoms in total. The summed E-state index contributed by atoms with van der Waals surface area (Å²) in [6.07, 6.45) is 4.57. The van der Waals surface area contributed by atoms with E-state index in [1.54, 1.807) is 0 Å². The second kappa shape index (κ2) is 6.39. The van der Waals surface area contributed by atoms with Crippen LogP contribution in [-0.2, 0) is 10.6 Å². The normalized spacial score (nSPS) is 19.2. The van der Waals surface area contributed by atoms with E-state index in [0.717, 1.165) is 37.5 Å². The summed E-state index contributed by atoms with van der Waals surface area (Å²) in [5, 5.41) is 0. The monoisotopic (exact) mass is 268 g/mol. The number of ether oxygens (including phenoxy) is 1. The minimum Gasteiger partial charge on any atom is -0.376 e. The van der Waals surface area contributed by atoms with Gasteiger partial charge in [-0.15, -0.1) is 11.6 Å². The van der Waals surface area contributed by atoms with Crippen LogP contribution in [-0.4, -0.2) is 30.8 Å². The summed E-state index contributed by atoms with van der Waals surface area (Å²) < 4.78 is 5.70. The van der Waals surface area contributed by atoms with Crippen molar-refractivity contribution in [2.24, 2.45) is 0 Å². The van der Waals surface area contributed by atoms with Crippen LogP contribution in [0.1, 0.15) is 30.9 Å². The molecular weight excluding hydrogens is 248 g/mol. The van der Waals surface area contributed by atoms with Crippen LogP contribution in [0.4, 0.5) is 5.82 Å². The third-order valence-electron chi connectivity index (χ3n) is 3.39. The molecule has 1 aliphatic rings. The number of hydrogen-bond acceptors (Lipinski definition) is 3. The standard InChI is InChI=1S/C14H21ClN2O/c1-3-17(10-13-5-4-6-18-13)14-11(2)7-12(8-15)9-16-14/h7,9,13H,3-6,8,10H2,1-2H3. The van der Waals surface area contributed by atoms with Crippen LogP contribution < -0.4 is 4.90 Å². The van der Waals surface area contributed by atoms with Gasteiger partial charge in [-0.3, -0.25) is 0 Å². The van der Waals surface area contributed by atoms with Gasteiger partial charge in [-0.1, -0.05) is 0 Å². The van der Waals surface area contributed by atoms with Crippen molar-refractivity contribution in [3.63, 3.8) is 0 Å². The van der Waals surface area contributed by atoms with E-state index < -0.39 is 0 Å². The number of nitrogens with zero attached hydrogens (tertiary/aromatic N) is 2. The van der Waals surface area contributed by atoms with Crippen molar-refractivity contribution in [2.75, 3.05) is 24.6 Å². The molecule has 0 amide bonds. The number of hydrogen-bond donors (Lipinski definition) is 0. The number of halogens is 1. The van der Waals surface area contributed by atoms with Gasteiger partial charge in [0.2, 0.25) is 0 Å². The van der Waals surface area contributed by atoms with Gasteiger partial charge in [-0.2, -0.15) is 0 Å². The summed E-state index contributed by atoms with van der Waals surface area (Å²) >= 11 is 5.83. The van der Waals surface area contributed by atoms with E-state index in [0.29, 0.717) is 12.0 Å². The highest BCUT2D eigenvalue weighted by molar-refractivity contribution is 6.17.